The Kier molecular flexibility index (Phi) is 5.42. The Labute approximate surface area is 76.9 Å². The van der Waals surface area contributed by atoms with E-state index >= 15 is 0 Å². The summed E-state index contributed by atoms with van der Waals surface area (Å²) in [4.78, 5) is 0. The minimum Gasteiger partial charge on any atom is -0.314 e. The van der Waals surface area contributed by atoms with Gasteiger partial charge in [0.2, 0.25) is 0 Å². The van der Waals surface area contributed by atoms with Crippen LogP contribution in [0.2, 0.25) is 0 Å². The van der Waals surface area contributed by atoms with Gasteiger partial charge in [0.25, 0.3) is 0 Å². The number of hydrogen-bond acceptors (Lipinski definition) is 1. The predicted octanol–water partition coefficient (Wildman–Crippen LogP) is 2.91. The summed E-state index contributed by atoms with van der Waals surface area (Å²) < 4.78 is 0. The van der Waals surface area contributed by atoms with E-state index in [1.807, 2.05) is 0 Å². The lowest BCUT2D eigenvalue weighted by atomic mass is 9.97. The van der Waals surface area contributed by atoms with E-state index in [0.29, 0.717) is 0 Å². The van der Waals surface area contributed by atoms with Crippen molar-refractivity contribution in [2.24, 2.45) is 0 Å². The van der Waals surface area contributed by atoms with Gasteiger partial charge in [0.05, 0.1) is 0 Å². The molecule has 0 saturated heterocycles. The van der Waals surface area contributed by atoms with E-state index in [4.69, 9.17) is 0 Å². The van der Waals surface area contributed by atoms with Gasteiger partial charge in [0.1, 0.15) is 0 Å². The molecule has 1 N–H and O–H groups in total. The molecular weight excluding hydrogens is 146 g/mol. The predicted molar refractivity (Wildman–Crippen MR) is 54.1 cm³/mol. The Hall–Kier alpha value is -0.0400. The fraction of sp³-hybridized carbons (Fsp3) is 0.909. The highest BCUT2D eigenvalue weighted by Gasteiger charge is 2.09. The zero-order valence-electron chi connectivity index (χ0n) is 8.15. The number of nitrogens with one attached hydrogen (secondary N) is 1. The van der Waals surface area contributed by atoms with Crippen molar-refractivity contribution in [1.29, 1.82) is 0 Å². The molecule has 1 radical (unpaired) electrons. The monoisotopic (exact) mass is 168 g/mol. The van der Waals surface area contributed by atoms with Crippen molar-refractivity contribution < 1.29 is 0 Å². The zero-order valence-corrected chi connectivity index (χ0v) is 8.15. The highest BCUT2D eigenvalue weighted by Crippen LogP contribution is 2.16. The van der Waals surface area contributed by atoms with Crippen LogP contribution in [0.3, 0.4) is 0 Å². The third-order valence-electron chi connectivity index (χ3n) is 2.71. The third-order valence-corrected chi connectivity index (χ3v) is 2.71. The first-order valence-electron chi connectivity index (χ1n) is 5.46. The molecule has 0 aromatic rings. The van der Waals surface area contributed by atoms with Crippen LogP contribution in [0.25, 0.3) is 0 Å². The van der Waals surface area contributed by atoms with Crippen LogP contribution in [-0.2, 0) is 0 Å². The summed E-state index contributed by atoms with van der Waals surface area (Å²) in [6, 6.07) is 0.798. The largest absolute Gasteiger partial charge is 0.314 e. The molecular formula is C11H22N. The topological polar surface area (TPSA) is 12.0 Å². The van der Waals surface area contributed by atoms with Crippen LogP contribution in [0.1, 0.15) is 51.4 Å². The first-order chi connectivity index (χ1) is 5.93. The lowest BCUT2D eigenvalue weighted by molar-refractivity contribution is 0.393. The van der Waals surface area contributed by atoms with Crippen LogP contribution >= 0.6 is 0 Å². The molecule has 1 aliphatic rings. The maximum atomic E-state index is 3.85. The van der Waals surface area contributed by atoms with Gasteiger partial charge in [0.15, 0.2) is 0 Å². The molecule has 0 atom stereocenters. The van der Waals surface area contributed by atoms with E-state index in [0.717, 1.165) is 19.0 Å². The third kappa shape index (κ3) is 4.10. The fourth-order valence-corrected chi connectivity index (χ4v) is 1.97. The van der Waals surface area contributed by atoms with Gasteiger partial charge in [-0.3, -0.25) is 0 Å². The van der Waals surface area contributed by atoms with Gasteiger partial charge in [-0.05, 0) is 25.8 Å². The molecule has 0 amide bonds. The van der Waals surface area contributed by atoms with Crippen LogP contribution in [-0.4, -0.2) is 12.6 Å². The molecule has 0 bridgehead atoms. The second kappa shape index (κ2) is 6.47. The van der Waals surface area contributed by atoms with Gasteiger partial charge >= 0.3 is 0 Å². The summed E-state index contributed by atoms with van der Waals surface area (Å²) in [6.07, 6.45) is 11.0. The molecule has 1 nitrogen and oxygen atoms in total. The molecule has 0 aliphatic heterocycles. The summed E-state index contributed by atoms with van der Waals surface area (Å²) in [5, 5.41) is 3.58. The Balaban J connectivity index is 2.11. The van der Waals surface area contributed by atoms with E-state index in [1.165, 1.54) is 44.9 Å². The van der Waals surface area contributed by atoms with Crippen molar-refractivity contribution in [3.63, 3.8) is 0 Å². The van der Waals surface area contributed by atoms with Crippen molar-refractivity contribution in [2.75, 3.05) is 6.54 Å². The van der Waals surface area contributed by atoms with Crippen molar-refractivity contribution >= 4 is 0 Å². The molecule has 1 fully saturated rings. The zero-order chi connectivity index (χ0) is 8.65. The van der Waals surface area contributed by atoms with Crippen molar-refractivity contribution in [1.82, 2.24) is 5.32 Å². The van der Waals surface area contributed by atoms with Gasteiger partial charge in [-0.25, -0.2) is 0 Å². The van der Waals surface area contributed by atoms with Gasteiger partial charge in [-0.2, -0.15) is 0 Å². The molecule has 1 aliphatic carbocycles. The van der Waals surface area contributed by atoms with Gasteiger partial charge in [0, 0.05) is 6.04 Å². The maximum Gasteiger partial charge on any atom is 0.00670 e. The second-order valence-electron chi connectivity index (χ2n) is 3.85. The molecule has 0 aromatic heterocycles. The van der Waals surface area contributed by atoms with Crippen molar-refractivity contribution in [2.45, 2.75) is 57.4 Å². The van der Waals surface area contributed by atoms with Crippen LogP contribution in [0, 0.1) is 6.92 Å². The average Bonchev–Trinajstić information content (AvgIpc) is 2.02. The van der Waals surface area contributed by atoms with E-state index in [9.17, 15) is 0 Å². The average molecular weight is 168 g/mol. The Morgan fingerprint density at radius 3 is 2.17 bits per heavy atom. The summed E-state index contributed by atoms with van der Waals surface area (Å²) in [7, 11) is 0. The molecule has 71 valence electrons. The molecule has 0 spiro atoms. The van der Waals surface area contributed by atoms with Gasteiger partial charge < -0.3 is 5.32 Å². The fourth-order valence-electron chi connectivity index (χ4n) is 1.97. The lowest BCUT2D eigenvalue weighted by Gasteiger charge is -2.20. The van der Waals surface area contributed by atoms with E-state index in [-0.39, 0.29) is 0 Å². The minimum atomic E-state index is 0.798. The minimum absolute atomic E-state index is 0.798. The van der Waals surface area contributed by atoms with E-state index in [2.05, 4.69) is 12.2 Å². The van der Waals surface area contributed by atoms with Crippen LogP contribution < -0.4 is 5.32 Å². The molecule has 0 aromatic carbocycles. The molecule has 0 heterocycles. The van der Waals surface area contributed by atoms with Crippen molar-refractivity contribution in [3.8, 4) is 0 Å². The van der Waals surface area contributed by atoms with Crippen LogP contribution in [0.15, 0.2) is 0 Å². The first-order valence-corrected chi connectivity index (χ1v) is 5.46. The highest BCUT2D eigenvalue weighted by atomic mass is 14.9. The Morgan fingerprint density at radius 1 is 1.00 bits per heavy atom. The highest BCUT2D eigenvalue weighted by molar-refractivity contribution is 4.69. The molecule has 1 rings (SSSR count). The number of rotatable bonds is 3. The maximum absolute atomic E-state index is 3.85. The SMILES string of the molecule is [CH2]CCNC1CCCCCCC1. The quantitative estimate of drug-likeness (QED) is 0.683. The summed E-state index contributed by atoms with van der Waals surface area (Å²) in [6.45, 7) is 4.95. The van der Waals surface area contributed by atoms with Crippen LogP contribution in [0.5, 0.6) is 0 Å². The summed E-state index contributed by atoms with van der Waals surface area (Å²) in [5.74, 6) is 0. The smallest absolute Gasteiger partial charge is 0.00670 e. The molecule has 1 saturated carbocycles. The van der Waals surface area contributed by atoms with Crippen LogP contribution in [0.4, 0.5) is 0 Å². The number of hydrogen-bond donors (Lipinski definition) is 1. The first kappa shape index (κ1) is 10.0. The Morgan fingerprint density at radius 2 is 1.58 bits per heavy atom. The molecule has 1 heteroatoms. The molecule has 0 unspecified atom stereocenters. The van der Waals surface area contributed by atoms with Gasteiger partial charge in [-0.15, -0.1) is 0 Å². The Bertz CT molecular complexity index is 90.4. The standard InChI is InChI=1S/C11H22N/c1-2-10-12-11-8-6-4-3-5-7-9-11/h11-12H,1-10H2. The van der Waals surface area contributed by atoms with E-state index < -0.39 is 0 Å². The molecule has 12 heavy (non-hydrogen) atoms. The van der Waals surface area contributed by atoms with Gasteiger partial charge in [-0.1, -0.05) is 39.0 Å². The van der Waals surface area contributed by atoms with E-state index in [1.54, 1.807) is 0 Å². The summed E-state index contributed by atoms with van der Waals surface area (Å²) in [5.41, 5.74) is 0. The second-order valence-corrected chi connectivity index (χ2v) is 3.85. The van der Waals surface area contributed by atoms with Crippen molar-refractivity contribution in [3.05, 3.63) is 6.92 Å². The lowest BCUT2D eigenvalue weighted by Crippen LogP contribution is -2.30. The summed E-state index contributed by atoms with van der Waals surface area (Å²) >= 11 is 0. The normalized spacial score (nSPS) is 21.8.